The molecule has 2 unspecified atom stereocenters. The molecule has 2 rings (SSSR count). The van der Waals surface area contributed by atoms with Crippen molar-refractivity contribution in [2.45, 2.75) is 31.8 Å². The maximum atomic E-state index is 12.2. The molecule has 1 aliphatic rings. The van der Waals surface area contributed by atoms with Gasteiger partial charge in [-0.05, 0) is 30.5 Å². The third kappa shape index (κ3) is 4.10. The van der Waals surface area contributed by atoms with E-state index in [0.717, 1.165) is 24.8 Å². The number of benzene rings is 1. The van der Waals surface area contributed by atoms with Gasteiger partial charge in [0.2, 0.25) is 5.91 Å². The average Bonchev–Trinajstić information content (AvgIpc) is 2.77. The number of nitrogens with zero attached hydrogens (tertiary/aromatic N) is 1. The first-order valence-corrected chi connectivity index (χ1v) is 6.70. The van der Waals surface area contributed by atoms with Gasteiger partial charge in [-0.25, -0.2) is 0 Å². The molecule has 5 heteroatoms. The van der Waals surface area contributed by atoms with Crippen molar-refractivity contribution in [3.63, 3.8) is 0 Å². The van der Waals surface area contributed by atoms with E-state index >= 15 is 0 Å². The summed E-state index contributed by atoms with van der Waals surface area (Å²) < 4.78 is 0. The molecule has 0 radical (unpaired) electrons. The topological polar surface area (TPSA) is 46.3 Å². The Morgan fingerprint density at radius 2 is 2.00 bits per heavy atom. The van der Waals surface area contributed by atoms with Crippen LogP contribution in [0.2, 0.25) is 5.02 Å². The van der Waals surface area contributed by atoms with Crippen LogP contribution in [0.1, 0.15) is 24.8 Å². The van der Waals surface area contributed by atoms with E-state index in [9.17, 15) is 4.79 Å². The minimum absolute atomic E-state index is 0. The van der Waals surface area contributed by atoms with Gasteiger partial charge in [0.15, 0.2) is 0 Å². The average molecular weight is 303 g/mol. The van der Waals surface area contributed by atoms with Crippen LogP contribution in [0, 0.1) is 5.92 Å². The molecule has 0 aliphatic heterocycles. The SMILES string of the molecule is CN(Cc1ccc(Cl)cc1)C(=O)C1CCCC1N.Cl. The number of carbonyl (C=O) groups is 1. The molecule has 2 atom stereocenters. The smallest absolute Gasteiger partial charge is 0.227 e. The van der Waals surface area contributed by atoms with E-state index in [0.29, 0.717) is 11.6 Å². The van der Waals surface area contributed by atoms with Crippen LogP contribution < -0.4 is 5.73 Å². The van der Waals surface area contributed by atoms with Gasteiger partial charge in [0, 0.05) is 24.7 Å². The normalized spacial score (nSPS) is 21.8. The van der Waals surface area contributed by atoms with Crippen LogP contribution in [-0.2, 0) is 11.3 Å². The van der Waals surface area contributed by atoms with Gasteiger partial charge in [-0.15, -0.1) is 12.4 Å². The Labute approximate surface area is 125 Å². The Kier molecular flexibility index (Phi) is 6.11. The van der Waals surface area contributed by atoms with Crippen LogP contribution in [0.4, 0.5) is 0 Å². The molecule has 3 nitrogen and oxygen atoms in total. The van der Waals surface area contributed by atoms with Crippen molar-refractivity contribution in [1.82, 2.24) is 4.90 Å². The van der Waals surface area contributed by atoms with Crippen molar-refractivity contribution in [3.05, 3.63) is 34.9 Å². The minimum atomic E-state index is 0. The molecular weight excluding hydrogens is 283 g/mol. The van der Waals surface area contributed by atoms with Gasteiger partial charge in [0.1, 0.15) is 0 Å². The molecule has 1 saturated carbocycles. The van der Waals surface area contributed by atoms with Gasteiger partial charge in [-0.1, -0.05) is 30.2 Å². The number of carbonyl (C=O) groups excluding carboxylic acids is 1. The minimum Gasteiger partial charge on any atom is -0.341 e. The maximum absolute atomic E-state index is 12.2. The first-order valence-electron chi connectivity index (χ1n) is 6.33. The third-order valence-corrected chi connectivity index (χ3v) is 3.85. The predicted molar refractivity (Wildman–Crippen MR) is 80.5 cm³/mol. The largest absolute Gasteiger partial charge is 0.341 e. The maximum Gasteiger partial charge on any atom is 0.227 e. The second-order valence-corrected chi connectivity index (χ2v) is 5.46. The monoisotopic (exact) mass is 302 g/mol. The molecule has 0 aromatic heterocycles. The summed E-state index contributed by atoms with van der Waals surface area (Å²) in [6.45, 7) is 0.610. The Morgan fingerprint density at radius 3 is 2.53 bits per heavy atom. The number of rotatable bonds is 3. The molecule has 106 valence electrons. The molecular formula is C14H20Cl2N2O. The van der Waals surface area contributed by atoms with E-state index in [1.165, 1.54) is 0 Å². The van der Waals surface area contributed by atoms with Crippen molar-refractivity contribution in [3.8, 4) is 0 Å². The highest BCUT2D eigenvalue weighted by Gasteiger charge is 2.32. The van der Waals surface area contributed by atoms with Crippen molar-refractivity contribution in [2.75, 3.05) is 7.05 Å². The number of nitrogens with two attached hydrogens (primary N) is 1. The van der Waals surface area contributed by atoms with Crippen molar-refractivity contribution in [2.24, 2.45) is 11.7 Å². The Balaban J connectivity index is 0.00000180. The van der Waals surface area contributed by atoms with Crippen LogP contribution in [0.15, 0.2) is 24.3 Å². The van der Waals surface area contributed by atoms with Gasteiger partial charge in [0.05, 0.1) is 5.92 Å². The Hall–Kier alpha value is -0.770. The Morgan fingerprint density at radius 1 is 1.37 bits per heavy atom. The molecule has 1 amide bonds. The van der Waals surface area contributed by atoms with E-state index in [1.807, 2.05) is 31.3 Å². The molecule has 1 aromatic rings. The highest BCUT2D eigenvalue weighted by Crippen LogP contribution is 2.26. The van der Waals surface area contributed by atoms with E-state index < -0.39 is 0 Å². The highest BCUT2D eigenvalue weighted by atomic mass is 35.5. The fraction of sp³-hybridized carbons (Fsp3) is 0.500. The van der Waals surface area contributed by atoms with E-state index in [-0.39, 0.29) is 30.3 Å². The summed E-state index contributed by atoms with van der Waals surface area (Å²) in [4.78, 5) is 14.0. The molecule has 0 heterocycles. The third-order valence-electron chi connectivity index (χ3n) is 3.60. The summed E-state index contributed by atoms with van der Waals surface area (Å²) in [6, 6.07) is 7.61. The fourth-order valence-corrected chi connectivity index (χ4v) is 2.65. The van der Waals surface area contributed by atoms with Crippen LogP contribution in [0.5, 0.6) is 0 Å². The van der Waals surface area contributed by atoms with E-state index in [2.05, 4.69) is 0 Å². The van der Waals surface area contributed by atoms with Crippen LogP contribution in [0.3, 0.4) is 0 Å². The fourth-order valence-electron chi connectivity index (χ4n) is 2.52. The van der Waals surface area contributed by atoms with Crippen LogP contribution in [-0.4, -0.2) is 23.9 Å². The molecule has 19 heavy (non-hydrogen) atoms. The van der Waals surface area contributed by atoms with Gasteiger partial charge in [-0.2, -0.15) is 0 Å². The van der Waals surface area contributed by atoms with Crippen molar-refractivity contribution < 1.29 is 4.79 Å². The zero-order valence-corrected chi connectivity index (χ0v) is 12.6. The lowest BCUT2D eigenvalue weighted by atomic mass is 10.0. The zero-order chi connectivity index (χ0) is 13.1. The summed E-state index contributed by atoms with van der Waals surface area (Å²) >= 11 is 5.84. The molecule has 2 N–H and O–H groups in total. The molecule has 0 bridgehead atoms. The summed E-state index contributed by atoms with van der Waals surface area (Å²) in [5.41, 5.74) is 7.05. The summed E-state index contributed by atoms with van der Waals surface area (Å²) in [5, 5.41) is 0.713. The second-order valence-electron chi connectivity index (χ2n) is 5.02. The number of hydrogen-bond acceptors (Lipinski definition) is 2. The first-order chi connectivity index (χ1) is 8.58. The summed E-state index contributed by atoms with van der Waals surface area (Å²) in [6.07, 6.45) is 2.95. The van der Waals surface area contributed by atoms with Crippen LogP contribution in [0.25, 0.3) is 0 Å². The molecule has 1 fully saturated rings. The van der Waals surface area contributed by atoms with Crippen molar-refractivity contribution >= 4 is 29.9 Å². The quantitative estimate of drug-likeness (QED) is 0.933. The van der Waals surface area contributed by atoms with Gasteiger partial charge >= 0.3 is 0 Å². The van der Waals surface area contributed by atoms with Crippen molar-refractivity contribution in [1.29, 1.82) is 0 Å². The van der Waals surface area contributed by atoms with Gasteiger partial charge in [0.25, 0.3) is 0 Å². The molecule has 0 spiro atoms. The lowest BCUT2D eigenvalue weighted by Gasteiger charge is -2.23. The number of amides is 1. The first kappa shape index (κ1) is 16.3. The number of halogens is 2. The summed E-state index contributed by atoms with van der Waals surface area (Å²) in [7, 11) is 1.84. The van der Waals surface area contributed by atoms with Gasteiger partial charge < -0.3 is 10.6 Å². The van der Waals surface area contributed by atoms with Crippen LogP contribution >= 0.6 is 24.0 Å². The number of hydrogen-bond donors (Lipinski definition) is 1. The molecule has 1 aromatic carbocycles. The molecule has 1 aliphatic carbocycles. The lowest BCUT2D eigenvalue weighted by molar-refractivity contribution is -0.134. The van der Waals surface area contributed by atoms with E-state index in [1.54, 1.807) is 4.90 Å². The van der Waals surface area contributed by atoms with E-state index in [4.69, 9.17) is 17.3 Å². The Bertz CT molecular complexity index is 422. The van der Waals surface area contributed by atoms with Gasteiger partial charge in [-0.3, -0.25) is 4.79 Å². The highest BCUT2D eigenvalue weighted by molar-refractivity contribution is 6.30. The lowest BCUT2D eigenvalue weighted by Crippen LogP contribution is -2.39. The predicted octanol–water partition coefficient (Wildman–Crippen LogP) is 2.85. The summed E-state index contributed by atoms with van der Waals surface area (Å²) in [5.74, 6) is 0.164. The second kappa shape index (κ2) is 7.13. The molecule has 0 saturated heterocycles. The standard InChI is InChI=1S/C14H19ClN2O.ClH/c1-17(9-10-5-7-11(15)8-6-10)14(18)12-3-2-4-13(12)16;/h5-8,12-13H,2-4,9,16H2,1H3;1H. The zero-order valence-electron chi connectivity index (χ0n) is 11.0.